The number of carbonyl (C=O) groups excluding carboxylic acids is 1. The van der Waals surface area contributed by atoms with Gasteiger partial charge >= 0.3 is 6.03 Å². The second-order valence-corrected chi connectivity index (χ2v) is 5.43. The van der Waals surface area contributed by atoms with Crippen LogP contribution in [0.3, 0.4) is 0 Å². The van der Waals surface area contributed by atoms with E-state index in [1.54, 1.807) is 4.90 Å². The van der Waals surface area contributed by atoms with Gasteiger partial charge in [-0.2, -0.15) is 0 Å². The number of urea groups is 1. The van der Waals surface area contributed by atoms with Crippen molar-refractivity contribution in [3.8, 4) is 5.75 Å². The molecule has 0 spiro atoms. The van der Waals surface area contributed by atoms with E-state index in [-0.39, 0.29) is 13.2 Å². The lowest BCUT2D eigenvalue weighted by molar-refractivity contribution is 0.208. The summed E-state index contributed by atoms with van der Waals surface area (Å²) in [6.07, 6.45) is 1.24. The van der Waals surface area contributed by atoms with E-state index in [0.29, 0.717) is 37.7 Å². The van der Waals surface area contributed by atoms with E-state index < -0.39 is 11.6 Å². The monoisotopic (exact) mass is 336 g/mol. The van der Waals surface area contributed by atoms with E-state index in [4.69, 9.17) is 0 Å². The molecule has 1 saturated heterocycles. The molecule has 1 aliphatic rings. The van der Waals surface area contributed by atoms with Crippen LogP contribution in [0, 0.1) is 11.6 Å². The smallest absolute Gasteiger partial charge is 0.323 e. The summed E-state index contributed by atoms with van der Waals surface area (Å²) in [7, 11) is 0. The van der Waals surface area contributed by atoms with Gasteiger partial charge in [0.15, 0.2) is 0 Å². The van der Waals surface area contributed by atoms with Gasteiger partial charge in [-0.15, -0.1) is 0 Å². The minimum Gasteiger partial charge on any atom is -0.506 e. The van der Waals surface area contributed by atoms with E-state index in [9.17, 15) is 18.7 Å². The van der Waals surface area contributed by atoms with Gasteiger partial charge in [0.05, 0.1) is 6.20 Å². The van der Waals surface area contributed by atoms with E-state index in [2.05, 4.69) is 10.3 Å². The number of anilines is 2. The molecule has 24 heavy (non-hydrogen) atoms. The van der Waals surface area contributed by atoms with Crippen LogP contribution in [0.1, 0.15) is 1.43 Å². The van der Waals surface area contributed by atoms with Crippen LogP contribution in [0.25, 0.3) is 0 Å². The maximum Gasteiger partial charge on any atom is 0.323 e. The average Bonchev–Trinajstić information content (AvgIpc) is 2.56. The summed E-state index contributed by atoms with van der Waals surface area (Å²) >= 11 is 0. The second-order valence-electron chi connectivity index (χ2n) is 5.43. The van der Waals surface area contributed by atoms with Crippen molar-refractivity contribution in [1.82, 2.24) is 9.88 Å². The van der Waals surface area contributed by atoms with Crippen molar-refractivity contribution in [1.29, 1.82) is 0 Å². The molecule has 0 saturated carbocycles. The van der Waals surface area contributed by atoms with Crippen molar-refractivity contribution in [3.63, 3.8) is 0 Å². The quantitative estimate of drug-likeness (QED) is 0.885. The molecular formula is C16H18F2N4O2. The molecule has 0 bridgehead atoms. The minimum atomic E-state index is -0.622. The highest BCUT2D eigenvalue weighted by molar-refractivity contribution is 5.88. The third kappa shape index (κ3) is 3.70. The highest BCUT2D eigenvalue weighted by Crippen LogP contribution is 2.20. The van der Waals surface area contributed by atoms with Gasteiger partial charge in [0, 0.05) is 39.4 Å². The van der Waals surface area contributed by atoms with Gasteiger partial charge in [0.1, 0.15) is 23.2 Å². The molecule has 2 heterocycles. The van der Waals surface area contributed by atoms with Gasteiger partial charge in [-0.3, -0.25) is 5.32 Å². The van der Waals surface area contributed by atoms with Crippen molar-refractivity contribution >= 4 is 17.5 Å². The van der Waals surface area contributed by atoms with Crippen molar-refractivity contribution in [2.45, 2.75) is 0 Å². The highest BCUT2D eigenvalue weighted by Gasteiger charge is 2.22. The lowest BCUT2D eigenvalue weighted by atomic mass is 10.2. The Morgan fingerprint density at radius 3 is 2.38 bits per heavy atom. The number of aromatic nitrogens is 1. The first-order valence-electron chi connectivity index (χ1n) is 7.43. The molecule has 0 atom stereocenters. The Kier molecular flexibility index (Phi) is 4.45. The maximum atomic E-state index is 13.3. The number of amides is 2. The van der Waals surface area contributed by atoms with E-state index in [1.807, 2.05) is 4.90 Å². The van der Waals surface area contributed by atoms with Crippen LogP contribution in [0.2, 0.25) is 0 Å². The van der Waals surface area contributed by atoms with Crippen LogP contribution in [0.5, 0.6) is 5.75 Å². The van der Waals surface area contributed by atoms with Crippen LogP contribution in [0.15, 0.2) is 36.5 Å². The Morgan fingerprint density at radius 2 is 1.79 bits per heavy atom. The molecule has 1 aromatic carbocycles. The average molecular weight is 336 g/mol. The Labute approximate surface area is 138 Å². The van der Waals surface area contributed by atoms with Crippen LogP contribution in [-0.2, 0) is 0 Å². The summed E-state index contributed by atoms with van der Waals surface area (Å²) in [6.45, 7) is 1.78. The van der Waals surface area contributed by atoms with Crippen LogP contribution in [-0.4, -0.2) is 47.2 Å². The van der Waals surface area contributed by atoms with Gasteiger partial charge in [-0.1, -0.05) is 0 Å². The molecule has 0 radical (unpaired) electrons. The van der Waals surface area contributed by atoms with Crippen molar-refractivity contribution in [3.05, 3.63) is 48.2 Å². The standard InChI is InChI=1S/C16H16F2N4O2.H2/c17-11-7-12(18)9-13(8-11)21-3-5-22(6-4-21)16(24)20-15-2-1-14(23)10-19-15;/h1-2,7-10,23H,3-6H2,(H,19,20,24);1H. The normalized spacial score (nSPS) is 14.6. The fraction of sp³-hybridized carbons (Fsp3) is 0.250. The van der Waals surface area contributed by atoms with Crippen molar-refractivity contribution in [2.75, 3.05) is 36.4 Å². The maximum absolute atomic E-state index is 13.3. The van der Waals surface area contributed by atoms with Crippen molar-refractivity contribution < 1.29 is 20.1 Å². The molecule has 1 fully saturated rings. The van der Waals surface area contributed by atoms with Crippen LogP contribution >= 0.6 is 0 Å². The second kappa shape index (κ2) is 6.69. The molecule has 6 nitrogen and oxygen atoms in total. The number of benzene rings is 1. The van der Waals surface area contributed by atoms with Crippen molar-refractivity contribution in [2.24, 2.45) is 0 Å². The lowest BCUT2D eigenvalue weighted by Gasteiger charge is -2.36. The summed E-state index contributed by atoms with van der Waals surface area (Å²) in [6, 6.07) is 6.01. The Morgan fingerprint density at radius 1 is 1.12 bits per heavy atom. The zero-order valence-electron chi connectivity index (χ0n) is 12.7. The van der Waals surface area contributed by atoms with Gasteiger partial charge in [0.2, 0.25) is 0 Å². The number of piperazine rings is 1. The van der Waals surface area contributed by atoms with Crippen LogP contribution < -0.4 is 10.2 Å². The molecule has 2 amide bonds. The number of hydrogen-bond acceptors (Lipinski definition) is 4. The summed E-state index contributed by atoms with van der Waals surface area (Å²) in [5, 5.41) is 11.8. The molecular weight excluding hydrogens is 318 g/mol. The number of halogens is 2. The van der Waals surface area contributed by atoms with Gasteiger partial charge in [-0.05, 0) is 24.3 Å². The van der Waals surface area contributed by atoms with Crippen LogP contribution in [0.4, 0.5) is 25.1 Å². The topological polar surface area (TPSA) is 68.7 Å². The van der Waals surface area contributed by atoms with E-state index >= 15 is 0 Å². The first-order valence-corrected chi connectivity index (χ1v) is 7.43. The number of pyridine rings is 1. The van der Waals surface area contributed by atoms with Gasteiger partial charge in [-0.25, -0.2) is 18.6 Å². The number of hydrogen-bond donors (Lipinski definition) is 2. The molecule has 8 heteroatoms. The zero-order valence-corrected chi connectivity index (χ0v) is 12.7. The first kappa shape index (κ1) is 16.0. The number of carbonyl (C=O) groups is 1. The number of nitrogens with one attached hydrogen (secondary N) is 1. The predicted octanol–water partition coefficient (Wildman–Crippen LogP) is 2.67. The van der Waals surface area contributed by atoms with Gasteiger partial charge < -0.3 is 14.9 Å². The molecule has 3 rings (SSSR count). The van der Waals surface area contributed by atoms with Gasteiger partial charge in [0.25, 0.3) is 0 Å². The molecule has 2 aromatic rings. The molecule has 128 valence electrons. The minimum absolute atomic E-state index is 0. The SMILES string of the molecule is O=C(Nc1ccc(O)cn1)N1CCN(c2cc(F)cc(F)c2)CC1.[HH]. The Bertz CT molecular complexity index is 717. The van der Waals surface area contributed by atoms with E-state index in [0.717, 1.165) is 6.07 Å². The largest absolute Gasteiger partial charge is 0.506 e. The molecule has 0 aliphatic carbocycles. The fourth-order valence-corrected chi connectivity index (χ4v) is 2.54. The number of nitrogens with zero attached hydrogens (tertiary/aromatic N) is 3. The third-order valence-electron chi connectivity index (χ3n) is 3.76. The number of rotatable bonds is 2. The summed E-state index contributed by atoms with van der Waals surface area (Å²) < 4.78 is 26.6. The first-order chi connectivity index (χ1) is 11.5. The number of aromatic hydroxyl groups is 1. The summed E-state index contributed by atoms with van der Waals surface area (Å²) in [5.41, 5.74) is 0.466. The highest BCUT2D eigenvalue weighted by atomic mass is 19.1. The van der Waals surface area contributed by atoms with E-state index in [1.165, 1.54) is 30.5 Å². The predicted molar refractivity (Wildman–Crippen MR) is 87.2 cm³/mol. The Hall–Kier alpha value is -2.90. The summed E-state index contributed by atoms with van der Waals surface area (Å²) in [4.78, 5) is 19.5. The molecule has 0 unspecified atom stereocenters. The zero-order chi connectivity index (χ0) is 17.1. The lowest BCUT2D eigenvalue weighted by Crippen LogP contribution is -2.50. The summed E-state index contributed by atoms with van der Waals surface area (Å²) in [5.74, 6) is -0.886. The fourth-order valence-electron chi connectivity index (χ4n) is 2.54. The third-order valence-corrected chi connectivity index (χ3v) is 3.76. The molecule has 2 N–H and O–H groups in total. The Balaban J connectivity index is 0.00000225. The molecule has 1 aliphatic heterocycles. The molecule has 1 aromatic heterocycles.